The lowest BCUT2D eigenvalue weighted by Gasteiger charge is -2.31. The summed E-state index contributed by atoms with van der Waals surface area (Å²) in [6, 6.07) is 16.2. The standard InChI is InChI=1S/C24H30N4O3S/c1-2-3-12-21(24(29)30)28(26)23(25)20(27-31-15-17-9-5-4-6-10-17)14-18-16-32-22-13-8-7-11-19(18)22/h4-11,13,16,20-21,25,27H,2-3,12,14-15,26H2,1H3,(H,29,30)/t20-,21-/m0/s1. The van der Waals surface area contributed by atoms with E-state index < -0.39 is 18.1 Å². The van der Waals surface area contributed by atoms with Crippen LogP contribution in [0, 0.1) is 5.41 Å². The van der Waals surface area contributed by atoms with Crippen LogP contribution in [-0.4, -0.2) is 34.0 Å². The van der Waals surface area contributed by atoms with Crippen LogP contribution < -0.4 is 11.3 Å². The molecule has 170 valence electrons. The van der Waals surface area contributed by atoms with Gasteiger partial charge in [-0.15, -0.1) is 11.3 Å². The van der Waals surface area contributed by atoms with Gasteiger partial charge >= 0.3 is 5.97 Å². The van der Waals surface area contributed by atoms with Gasteiger partial charge in [0.25, 0.3) is 0 Å². The smallest absolute Gasteiger partial charge is 0.327 e. The van der Waals surface area contributed by atoms with Crippen LogP contribution >= 0.6 is 11.3 Å². The number of carboxylic acids is 1. The molecule has 0 aliphatic heterocycles. The Balaban J connectivity index is 1.78. The number of benzene rings is 2. The van der Waals surface area contributed by atoms with Crippen molar-refractivity contribution < 1.29 is 14.7 Å². The van der Waals surface area contributed by atoms with E-state index in [0.717, 1.165) is 39.1 Å². The number of nitrogens with zero attached hydrogens (tertiary/aromatic N) is 1. The van der Waals surface area contributed by atoms with Gasteiger partial charge in [-0.05, 0) is 40.8 Å². The van der Waals surface area contributed by atoms with Crippen molar-refractivity contribution in [1.82, 2.24) is 10.5 Å². The predicted octanol–water partition coefficient (Wildman–Crippen LogP) is 4.33. The van der Waals surface area contributed by atoms with Crippen LogP contribution in [0.4, 0.5) is 0 Å². The van der Waals surface area contributed by atoms with Gasteiger partial charge in [0.15, 0.2) is 0 Å². The number of aliphatic carboxylic acids is 1. The summed E-state index contributed by atoms with van der Waals surface area (Å²) >= 11 is 1.64. The number of nitrogens with one attached hydrogen (secondary N) is 2. The Labute approximate surface area is 192 Å². The molecule has 0 bridgehead atoms. The molecular formula is C24H30N4O3S. The van der Waals surface area contributed by atoms with Gasteiger partial charge in [-0.1, -0.05) is 68.3 Å². The second-order valence-corrected chi connectivity index (χ2v) is 8.61. The van der Waals surface area contributed by atoms with Crippen LogP contribution in [0.1, 0.15) is 37.3 Å². The maximum Gasteiger partial charge on any atom is 0.327 e. The van der Waals surface area contributed by atoms with Gasteiger partial charge in [-0.3, -0.25) is 15.3 Å². The molecule has 3 aromatic rings. The van der Waals surface area contributed by atoms with Gasteiger partial charge in [0.1, 0.15) is 11.9 Å². The number of thiophene rings is 1. The van der Waals surface area contributed by atoms with Crippen molar-refractivity contribution in [3.63, 3.8) is 0 Å². The molecule has 0 radical (unpaired) electrons. The SMILES string of the molecule is CCCC[C@@H](C(=O)O)N(N)C(=N)[C@H](Cc1csc2ccccc12)NOCc1ccccc1. The lowest BCUT2D eigenvalue weighted by molar-refractivity contribution is -0.142. The van der Waals surface area contributed by atoms with Gasteiger partial charge < -0.3 is 5.11 Å². The fourth-order valence-corrected chi connectivity index (χ4v) is 4.51. The van der Waals surface area contributed by atoms with Crippen molar-refractivity contribution in [3.8, 4) is 0 Å². The average molecular weight is 455 g/mol. The lowest BCUT2D eigenvalue weighted by atomic mass is 10.0. The molecule has 0 saturated heterocycles. The minimum absolute atomic E-state index is 0.0168. The predicted molar refractivity (Wildman–Crippen MR) is 128 cm³/mol. The van der Waals surface area contributed by atoms with E-state index in [1.165, 1.54) is 0 Å². The van der Waals surface area contributed by atoms with E-state index in [2.05, 4.69) is 16.9 Å². The van der Waals surface area contributed by atoms with E-state index in [4.69, 9.17) is 16.1 Å². The quantitative estimate of drug-likeness (QED) is 0.140. The first-order valence-corrected chi connectivity index (χ1v) is 11.6. The van der Waals surface area contributed by atoms with Crippen LogP contribution in [0.15, 0.2) is 60.0 Å². The summed E-state index contributed by atoms with van der Waals surface area (Å²) in [4.78, 5) is 17.5. The van der Waals surface area contributed by atoms with Crippen LogP contribution in [0.3, 0.4) is 0 Å². The zero-order valence-corrected chi connectivity index (χ0v) is 19.0. The molecule has 32 heavy (non-hydrogen) atoms. The molecule has 2 aromatic carbocycles. The Hall–Kier alpha value is -2.78. The third-order valence-corrected chi connectivity index (χ3v) is 6.36. The van der Waals surface area contributed by atoms with Gasteiger partial charge in [0.2, 0.25) is 0 Å². The first-order valence-electron chi connectivity index (χ1n) is 10.7. The summed E-state index contributed by atoms with van der Waals surface area (Å²) in [7, 11) is 0. The topological polar surface area (TPSA) is 112 Å². The van der Waals surface area contributed by atoms with E-state index in [1.807, 2.05) is 55.5 Å². The monoisotopic (exact) mass is 454 g/mol. The molecule has 7 nitrogen and oxygen atoms in total. The van der Waals surface area contributed by atoms with E-state index in [0.29, 0.717) is 19.4 Å². The highest BCUT2D eigenvalue weighted by Crippen LogP contribution is 2.27. The van der Waals surface area contributed by atoms with Gasteiger partial charge in [0, 0.05) is 4.70 Å². The lowest BCUT2D eigenvalue weighted by Crippen LogP contribution is -2.56. The van der Waals surface area contributed by atoms with Crippen molar-refractivity contribution in [2.24, 2.45) is 5.84 Å². The molecule has 0 aliphatic rings. The number of nitrogens with two attached hydrogens (primary N) is 1. The molecule has 1 aromatic heterocycles. The number of amidine groups is 1. The van der Waals surface area contributed by atoms with Crippen molar-refractivity contribution in [1.29, 1.82) is 5.41 Å². The van der Waals surface area contributed by atoms with Crippen molar-refractivity contribution in [2.45, 2.75) is 51.3 Å². The minimum Gasteiger partial charge on any atom is -0.480 e. The molecule has 2 atom stereocenters. The number of fused-ring (bicyclic) bond motifs is 1. The molecule has 5 N–H and O–H groups in total. The normalized spacial score (nSPS) is 13.1. The molecule has 3 rings (SSSR count). The first kappa shape index (κ1) is 23.9. The maximum absolute atomic E-state index is 11.8. The van der Waals surface area contributed by atoms with Crippen LogP contribution in [0.2, 0.25) is 0 Å². The van der Waals surface area contributed by atoms with Gasteiger partial charge in [-0.2, -0.15) is 5.48 Å². The summed E-state index contributed by atoms with van der Waals surface area (Å²) in [5.41, 5.74) is 5.02. The van der Waals surface area contributed by atoms with Gasteiger partial charge in [0.05, 0.1) is 12.6 Å². The number of carbonyl (C=O) groups is 1. The highest BCUT2D eigenvalue weighted by molar-refractivity contribution is 7.17. The number of hydrazine groups is 1. The number of hydroxylamine groups is 1. The first-order chi connectivity index (χ1) is 15.5. The Kier molecular flexibility index (Phi) is 8.75. The van der Waals surface area contributed by atoms with Gasteiger partial charge in [-0.25, -0.2) is 10.6 Å². The van der Waals surface area contributed by atoms with E-state index in [9.17, 15) is 9.90 Å². The number of rotatable bonds is 12. The molecule has 0 amide bonds. The Morgan fingerprint density at radius 2 is 1.94 bits per heavy atom. The fourth-order valence-electron chi connectivity index (χ4n) is 3.53. The molecule has 0 unspecified atom stereocenters. The van der Waals surface area contributed by atoms with Crippen molar-refractivity contribution in [2.75, 3.05) is 0 Å². The summed E-state index contributed by atoms with van der Waals surface area (Å²) < 4.78 is 1.16. The minimum atomic E-state index is -1.03. The highest BCUT2D eigenvalue weighted by Gasteiger charge is 2.30. The Bertz CT molecular complexity index is 1020. The zero-order valence-electron chi connectivity index (χ0n) is 18.2. The Morgan fingerprint density at radius 1 is 1.22 bits per heavy atom. The Morgan fingerprint density at radius 3 is 2.66 bits per heavy atom. The number of carboxylic acid groups (broad SMARTS) is 1. The number of unbranched alkanes of at least 4 members (excludes halogenated alkanes) is 1. The fraction of sp³-hybridized carbons (Fsp3) is 0.333. The molecular weight excluding hydrogens is 424 g/mol. The molecule has 0 saturated carbocycles. The van der Waals surface area contributed by atoms with Crippen molar-refractivity contribution in [3.05, 3.63) is 71.1 Å². The number of hydrogen-bond donors (Lipinski definition) is 4. The largest absolute Gasteiger partial charge is 0.480 e. The number of hydrogen-bond acceptors (Lipinski definition) is 6. The summed E-state index contributed by atoms with van der Waals surface area (Å²) in [6.45, 7) is 2.31. The van der Waals surface area contributed by atoms with Crippen LogP contribution in [-0.2, 0) is 22.7 Å². The molecule has 0 spiro atoms. The van der Waals surface area contributed by atoms with Crippen LogP contribution in [0.25, 0.3) is 10.1 Å². The molecule has 1 heterocycles. The second kappa shape index (κ2) is 11.7. The zero-order chi connectivity index (χ0) is 22.9. The van der Waals surface area contributed by atoms with E-state index >= 15 is 0 Å². The summed E-state index contributed by atoms with van der Waals surface area (Å²) in [6.07, 6.45) is 2.40. The highest BCUT2D eigenvalue weighted by atomic mass is 32.1. The van der Waals surface area contributed by atoms with Crippen LogP contribution in [0.5, 0.6) is 0 Å². The van der Waals surface area contributed by atoms with E-state index in [-0.39, 0.29) is 5.84 Å². The molecule has 0 fully saturated rings. The summed E-state index contributed by atoms with van der Waals surface area (Å²) in [5, 5.41) is 22.6. The third kappa shape index (κ3) is 6.14. The molecule has 0 aliphatic carbocycles. The van der Waals surface area contributed by atoms with Crippen molar-refractivity contribution >= 4 is 33.2 Å². The average Bonchev–Trinajstić information content (AvgIpc) is 3.21. The second-order valence-electron chi connectivity index (χ2n) is 7.69. The summed E-state index contributed by atoms with van der Waals surface area (Å²) in [5.74, 6) is 5.11. The van der Waals surface area contributed by atoms with E-state index in [1.54, 1.807) is 11.3 Å². The molecule has 8 heteroatoms. The third-order valence-electron chi connectivity index (χ3n) is 5.35. The maximum atomic E-state index is 11.8.